The third kappa shape index (κ3) is 5.23. The predicted octanol–water partition coefficient (Wildman–Crippen LogP) is 4.77. The fourth-order valence-electron chi connectivity index (χ4n) is 3.73. The summed E-state index contributed by atoms with van der Waals surface area (Å²) in [7, 11) is -2.18. The number of benzene rings is 2. The van der Waals surface area contributed by atoms with E-state index in [0.29, 0.717) is 35.2 Å². The molecule has 1 aliphatic heterocycles. The number of nitrogens with zero attached hydrogens (tertiary/aromatic N) is 2. The molecule has 0 radical (unpaired) electrons. The number of aromatic nitrogens is 1. The predicted molar refractivity (Wildman–Crippen MR) is 126 cm³/mol. The number of anilines is 1. The first kappa shape index (κ1) is 23.3. The number of carbonyl (C=O) groups is 1. The van der Waals surface area contributed by atoms with E-state index in [1.165, 1.54) is 53.1 Å². The molecular weight excluding hydrogens is 465 g/mol. The minimum atomic E-state index is -3.67. The van der Waals surface area contributed by atoms with Gasteiger partial charge in [0.25, 0.3) is 5.91 Å². The molecule has 10 heteroatoms. The van der Waals surface area contributed by atoms with Gasteiger partial charge < -0.3 is 4.74 Å². The van der Waals surface area contributed by atoms with Gasteiger partial charge in [0, 0.05) is 29.6 Å². The van der Waals surface area contributed by atoms with Crippen LogP contribution in [0.4, 0.5) is 9.52 Å². The summed E-state index contributed by atoms with van der Waals surface area (Å²) in [6, 6.07) is 10.1. The van der Waals surface area contributed by atoms with Gasteiger partial charge in [0.05, 0.1) is 17.7 Å². The van der Waals surface area contributed by atoms with Crippen LogP contribution < -0.4 is 10.1 Å². The van der Waals surface area contributed by atoms with Crippen LogP contribution in [-0.4, -0.2) is 43.8 Å². The minimum Gasteiger partial charge on any atom is -0.496 e. The van der Waals surface area contributed by atoms with Gasteiger partial charge in [-0.3, -0.25) is 10.1 Å². The molecular formula is C23H24FN3O4S2. The van der Waals surface area contributed by atoms with Crippen LogP contribution >= 0.6 is 11.3 Å². The number of carbonyl (C=O) groups excluding carboxylic acids is 1. The highest BCUT2D eigenvalue weighted by Gasteiger charge is 2.26. The zero-order valence-electron chi connectivity index (χ0n) is 18.1. The smallest absolute Gasteiger partial charge is 0.257 e. The zero-order valence-corrected chi connectivity index (χ0v) is 19.7. The molecule has 1 aromatic heterocycles. The second-order valence-electron chi connectivity index (χ2n) is 7.68. The third-order valence-electron chi connectivity index (χ3n) is 5.46. The fourth-order valence-corrected chi connectivity index (χ4v) is 6.00. The average Bonchev–Trinajstić information content (AvgIpc) is 3.09. The molecule has 0 saturated carbocycles. The van der Waals surface area contributed by atoms with Gasteiger partial charge in [-0.1, -0.05) is 18.9 Å². The molecule has 174 valence electrons. The number of hydrogen-bond donors (Lipinski definition) is 1. The van der Waals surface area contributed by atoms with Crippen molar-refractivity contribution in [1.29, 1.82) is 0 Å². The number of thiazole rings is 1. The topological polar surface area (TPSA) is 88.6 Å². The highest BCUT2D eigenvalue weighted by atomic mass is 32.2. The molecule has 0 aliphatic carbocycles. The Bertz CT molecular complexity index is 1250. The molecule has 1 aliphatic rings. The lowest BCUT2D eigenvalue weighted by Gasteiger charge is -2.20. The van der Waals surface area contributed by atoms with Crippen molar-refractivity contribution in [1.82, 2.24) is 9.29 Å². The molecule has 1 fully saturated rings. The van der Waals surface area contributed by atoms with Gasteiger partial charge in [0.2, 0.25) is 10.0 Å². The first-order valence-electron chi connectivity index (χ1n) is 10.6. The number of sulfonamides is 1. The zero-order chi connectivity index (χ0) is 23.4. The molecule has 0 bridgehead atoms. The summed E-state index contributed by atoms with van der Waals surface area (Å²) in [5, 5.41) is 4.69. The number of amides is 1. The third-order valence-corrected chi connectivity index (χ3v) is 8.11. The number of methoxy groups -OCH3 is 1. The van der Waals surface area contributed by atoms with E-state index in [1.54, 1.807) is 17.5 Å². The van der Waals surface area contributed by atoms with Crippen LogP contribution in [0.1, 0.15) is 36.0 Å². The van der Waals surface area contributed by atoms with Crippen molar-refractivity contribution >= 4 is 32.4 Å². The molecule has 4 rings (SSSR count). The lowest BCUT2D eigenvalue weighted by atomic mass is 10.1. The van der Waals surface area contributed by atoms with Gasteiger partial charge >= 0.3 is 0 Å². The standard InChI is InChI=1S/C23H24FN3O4S2/c1-31-21-10-9-17(24)14-19(21)20-15-32-23(25-20)26-22(28)16-7-6-8-18(13-16)33(29,30)27-11-4-2-3-5-12-27/h6-10,13-15H,2-5,11-12H2,1H3,(H,25,26,28). The van der Waals surface area contributed by atoms with Crippen molar-refractivity contribution < 1.29 is 22.3 Å². The van der Waals surface area contributed by atoms with Crippen molar-refractivity contribution in [2.75, 3.05) is 25.5 Å². The summed E-state index contributed by atoms with van der Waals surface area (Å²) in [5.41, 5.74) is 1.15. The van der Waals surface area contributed by atoms with Crippen LogP contribution in [0, 0.1) is 5.82 Å². The van der Waals surface area contributed by atoms with Gasteiger partial charge in [-0.15, -0.1) is 11.3 Å². The Morgan fingerprint density at radius 1 is 1.12 bits per heavy atom. The Labute approximate surface area is 196 Å². The molecule has 0 spiro atoms. The summed E-state index contributed by atoms with van der Waals surface area (Å²) in [6.07, 6.45) is 3.71. The summed E-state index contributed by atoms with van der Waals surface area (Å²) in [6.45, 7) is 0.981. The molecule has 3 aromatic rings. The maximum Gasteiger partial charge on any atom is 0.257 e. The summed E-state index contributed by atoms with van der Waals surface area (Å²) in [5.74, 6) is -0.437. The van der Waals surface area contributed by atoms with E-state index in [-0.39, 0.29) is 10.5 Å². The molecule has 1 N–H and O–H groups in total. The Morgan fingerprint density at radius 3 is 2.61 bits per heavy atom. The monoisotopic (exact) mass is 489 g/mol. The van der Waals surface area contributed by atoms with Crippen molar-refractivity contribution in [3.05, 3.63) is 59.2 Å². The van der Waals surface area contributed by atoms with Crippen molar-refractivity contribution in [2.45, 2.75) is 30.6 Å². The SMILES string of the molecule is COc1ccc(F)cc1-c1csc(NC(=O)c2cccc(S(=O)(=O)N3CCCCCC3)c2)n1. The van der Waals surface area contributed by atoms with Gasteiger partial charge in [-0.05, 0) is 49.2 Å². The molecule has 1 amide bonds. The van der Waals surface area contributed by atoms with Crippen molar-refractivity contribution in [3.8, 4) is 17.0 Å². The number of halogens is 1. The van der Waals surface area contributed by atoms with Crippen LogP contribution in [0.5, 0.6) is 5.75 Å². The van der Waals surface area contributed by atoms with Crippen LogP contribution in [0.25, 0.3) is 11.3 Å². The lowest BCUT2D eigenvalue weighted by molar-refractivity contribution is 0.102. The second kappa shape index (κ2) is 9.98. The maximum absolute atomic E-state index is 13.7. The van der Waals surface area contributed by atoms with Gasteiger partial charge in [0.1, 0.15) is 11.6 Å². The minimum absolute atomic E-state index is 0.0985. The van der Waals surface area contributed by atoms with E-state index < -0.39 is 21.7 Å². The Kier molecular flexibility index (Phi) is 7.06. The van der Waals surface area contributed by atoms with Crippen LogP contribution in [0.3, 0.4) is 0 Å². The van der Waals surface area contributed by atoms with Crippen LogP contribution in [0.2, 0.25) is 0 Å². The Hall–Kier alpha value is -2.82. The highest BCUT2D eigenvalue weighted by molar-refractivity contribution is 7.89. The molecule has 33 heavy (non-hydrogen) atoms. The number of rotatable bonds is 6. The Balaban J connectivity index is 1.53. The molecule has 1 saturated heterocycles. The Morgan fingerprint density at radius 2 is 1.88 bits per heavy atom. The van der Waals surface area contributed by atoms with E-state index in [9.17, 15) is 17.6 Å². The molecule has 0 unspecified atom stereocenters. The quantitative estimate of drug-likeness (QED) is 0.539. The number of ether oxygens (including phenoxy) is 1. The lowest BCUT2D eigenvalue weighted by Crippen LogP contribution is -2.32. The highest BCUT2D eigenvalue weighted by Crippen LogP contribution is 2.33. The number of nitrogens with one attached hydrogen (secondary N) is 1. The van der Waals surface area contributed by atoms with Gasteiger partial charge in [-0.25, -0.2) is 17.8 Å². The van der Waals surface area contributed by atoms with Crippen LogP contribution in [0.15, 0.2) is 52.7 Å². The molecule has 2 heterocycles. The van der Waals surface area contributed by atoms with E-state index in [1.807, 2.05) is 0 Å². The summed E-state index contributed by atoms with van der Waals surface area (Å²) >= 11 is 1.18. The molecule has 2 aromatic carbocycles. The van der Waals surface area contributed by atoms with E-state index in [4.69, 9.17) is 4.74 Å². The van der Waals surface area contributed by atoms with Crippen molar-refractivity contribution in [3.63, 3.8) is 0 Å². The normalized spacial score (nSPS) is 15.1. The van der Waals surface area contributed by atoms with E-state index in [0.717, 1.165) is 25.7 Å². The average molecular weight is 490 g/mol. The second-order valence-corrected chi connectivity index (χ2v) is 10.5. The number of hydrogen-bond acceptors (Lipinski definition) is 6. The largest absolute Gasteiger partial charge is 0.496 e. The van der Waals surface area contributed by atoms with Crippen LogP contribution in [-0.2, 0) is 10.0 Å². The summed E-state index contributed by atoms with van der Waals surface area (Å²) in [4.78, 5) is 17.3. The molecule has 7 nitrogen and oxygen atoms in total. The first-order valence-corrected chi connectivity index (χ1v) is 12.9. The van der Waals surface area contributed by atoms with E-state index >= 15 is 0 Å². The van der Waals surface area contributed by atoms with Gasteiger partial charge in [0.15, 0.2) is 5.13 Å². The summed E-state index contributed by atoms with van der Waals surface area (Å²) < 4.78 is 46.6. The molecule has 0 atom stereocenters. The first-order chi connectivity index (χ1) is 15.9. The maximum atomic E-state index is 13.7. The van der Waals surface area contributed by atoms with E-state index in [2.05, 4.69) is 10.3 Å². The van der Waals surface area contributed by atoms with Crippen molar-refractivity contribution in [2.24, 2.45) is 0 Å². The fraction of sp³-hybridized carbons (Fsp3) is 0.304. The van der Waals surface area contributed by atoms with Gasteiger partial charge in [-0.2, -0.15) is 4.31 Å².